The van der Waals surface area contributed by atoms with Crippen molar-refractivity contribution in [1.29, 1.82) is 0 Å². The molecule has 8 heteroatoms. The quantitative estimate of drug-likeness (QED) is 0.529. The van der Waals surface area contributed by atoms with E-state index >= 15 is 0 Å². The maximum Gasteiger partial charge on any atom is 0.182 e. The Hall–Kier alpha value is -3.13. The lowest BCUT2D eigenvalue weighted by Crippen LogP contribution is -1.98. The number of aromatic nitrogens is 7. The molecule has 0 bridgehead atoms. The zero-order chi connectivity index (χ0) is 17.0. The third-order valence-corrected chi connectivity index (χ3v) is 4.85. The van der Waals surface area contributed by atoms with Crippen LogP contribution in [0.3, 0.4) is 0 Å². The first kappa shape index (κ1) is 14.2. The highest BCUT2D eigenvalue weighted by atomic mass is 32.1. The number of hydrogen-bond donors (Lipinski definition) is 1. The van der Waals surface area contributed by atoms with E-state index < -0.39 is 0 Å². The number of imidazole rings is 1. The van der Waals surface area contributed by atoms with Gasteiger partial charge in [-0.1, -0.05) is 0 Å². The van der Waals surface area contributed by atoms with Gasteiger partial charge in [0.15, 0.2) is 17.3 Å². The minimum Gasteiger partial charge on any atom is -0.337 e. The van der Waals surface area contributed by atoms with E-state index in [1.165, 1.54) is 0 Å². The minimum atomic E-state index is 0.663. The van der Waals surface area contributed by atoms with Crippen LogP contribution in [-0.2, 0) is 0 Å². The van der Waals surface area contributed by atoms with Crippen molar-refractivity contribution < 1.29 is 0 Å². The highest BCUT2D eigenvalue weighted by Gasteiger charge is 2.12. The molecule has 0 fully saturated rings. The largest absolute Gasteiger partial charge is 0.337 e. The molecule has 4 aromatic heterocycles. The van der Waals surface area contributed by atoms with Crippen LogP contribution in [0.1, 0.15) is 11.4 Å². The Bertz CT molecular complexity index is 1220. The van der Waals surface area contributed by atoms with Crippen molar-refractivity contribution in [2.45, 2.75) is 13.8 Å². The molecule has 0 saturated heterocycles. The fourth-order valence-corrected chi connectivity index (χ4v) is 3.31. The smallest absolute Gasteiger partial charge is 0.182 e. The van der Waals surface area contributed by atoms with Crippen LogP contribution in [-0.4, -0.2) is 34.5 Å². The van der Waals surface area contributed by atoms with Crippen molar-refractivity contribution in [2.24, 2.45) is 0 Å². The molecule has 5 aromatic rings. The third kappa shape index (κ3) is 2.22. The van der Waals surface area contributed by atoms with Crippen LogP contribution in [0.25, 0.3) is 39.6 Å². The Balaban J connectivity index is 1.64. The van der Waals surface area contributed by atoms with Crippen LogP contribution in [0.5, 0.6) is 0 Å². The predicted molar refractivity (Wildman–Crippen MR) is 96.5 cm³/mol. The molecule has 0 unspecified atom stereocenters. The van der Waals surface area contributed by atoms with Crippen LogP contribution >= 0.6 is 11.3 Å². The maximum atomic E-state index is 4.64. The summed E-state index contributed by atoms with van der Waals surface area (Å²) in [5, 5.41) is 6.60. The number of fused-ring (bicyclic) bond motifs is 2. The average molecular weight is 347 g/mol. The van der Waals surface area contributed by atoms with Gasteiger partial charge in [0.05, 0.1) is 34.1 Å². The van der Waals surface area contributed by atoms with E-state index in [4.69, 9.17) is 0 Å². The monoisotopic (exact) mass is 347 g/mol. The summed E-state index contributed by atoms with van der Waals surface area (Å²) in [5.74, 6) is 1.43. The van der Waals surface area contributed by atoms with Crippen LogP contribution in [0.2, 0.25) is 0 Å². The van der Waals surface area contributed by atoms with Gasteiger partial charge in [-0.05, 0) is 32.0 Å². The third-order valence-electron chi connectivity index (χ3n) is 4.26. The second-order valence-electron chi connectivity index (χ2n) is 5.83. The Morgan fingerprint density at radius 2 is 2.04 bits per heavy atom. The highest BCUT2D eigenvalue weighted by molar-refractivity contribution is 7.07. The van der Waals surface area contributed by atoms with Gasteiger partial charge in [0.25, 0.3) is 0 Å². The summed E-state index contributed by atoms with van der Waals surface area (Å²) in [5.41, 5.74) is 8.07. The number of rotatable bonds is 2. The van der Waals surface area contributed by atoms with Gasteiger partial charge in [-0.3, -0.25) is 4.98 Å². The zero-order valence-electron chi connectivity index (χ0n) is 13.6. The fourth-order valence-electron chi connectivity index (χ4n) is 2.77. The van der Waals surface area contributed by atoms with Crippen molar-refractivity contribution in [3.63, 3.8) is 0 Å². The molecule has 0 aliphatic heterocycles. The van der Waals surface area contributed by atoms with Crippen LogP contribution in [0.4, 0.5) is 0 Å². The molecule has 0 atom stereocenters. The Labute approximate surface area is 146 Å². The molecular formula is C17H13N7S. The second kappa shape index (κ2) is 5.18. The summed E-state index contributed by atoms with van der Waals surface area (Å²) < 4.78 is 1.83. The van der Waals surface area contributed by atoms with E-state index in [2.05, 4.69) is 30.0 Å². The summed E-state index contributed by atoms with van der Waals surface area (Å²) in [6, 6.07) is 5.98. The average Bonchev–Trinajstić information content (AvgIpc) is 3.35. The van der Waals surface area contributed by atoms with Crippen LogP contribution in [0, 0.1) is 13.8 Å². The molecule has 0 aliphatic rings. The van der Waals surface area contributed by atoms with Crippen molar-refractivity contribution in [3.8, 4) is 22.9 Å². The number of nitrogens with one attached hydrogen (secondary N) is 1. The van der Waals surface area contributed by atoms with Gasteiger partial charge in [0.1, 0.15) is 5.69 Å². The van der Waals surface area contributed by atoms with E-state index in [1.54, 1.807) is 23.0 Å². The number of thiazole rings is 1. The number of aromatic amines is 1. The SMILES string of the molecule is Cc1ncc2nc(-c3ccc4[nH]c(-c5cscn5)nc4c3)nn2c1C. The van der Waals surface area contributed by atoms with E-state index in [0.717, 1.165) is 45.2 Å². The standard InChI is InChI=1S/C17H13N7S/c1-9-10(2)24-15(6-18-9)22-16(23-24)11-3-4-12-13(5-11)21-17(20-12)14-7-25-8-19-14/h3-8H,1-2H3,(H,20,21). The zero-order valence-corrected chi connectivity index (χ0v) is 14.4. The van der Waals surface area contributed by atoms with Crippen molar-refractivity contribution in [2.75, 3.05) is 0 Å². The summed E-state index contributed by atoms with van der Waals surface area (Å²) in [6.45, 7) is 3.96. The normalized spacial score (nSPS) is 11.6. The molecule has 1 N–H and O–H groups in total. The Morgan fingerprint density at radius 1 is 1.12 bits per heavy atom. The topological polar surface area (TPSA) is 84.6 Å². The summed E-state index contributed by atoms with van der Waals surface area (Å²) in [7, 11) is 0. The lowest BCUT2D eigenvalue weighted by molar-refractivity contribution is 0.881. The number of benzene rings is 1. The molecule has 25 heavy (non-hydrogen) atoms. The number of hydrogen-bond acceptors (Lipinski definition) is 6. The van der Waals surface area contributed by atoms with Gasteiger partial charge in [0.2, 0.25) is 0 Å². The second-order valence-corrected chi connectivity index (χ2v) is 6.54. The molecular weight excluding hydrogens is 334 g/mol. The van der Waals surface area contributed by atoms with E-state index in [-0.39, 0.29) is 0 Å². The van der Waals surface area contributed by atoms with Crippen LogP contribution in [0.15, 0.2) is 35.3 Å². The molecule has 1 aromatic carbocycles. The molecule has 7 nitrogen and oxygen atoms in total. The maximum absolute atomic E-state index is 4.64. The van der Waals surface area contributed by atoms with E-state index in [1.807, 2.05) is 41.9 Å². The molecule has 0 radical (unpaired) electrons. The molecule has 4 heterocycles. The Kier molecular flexibility index (Phi) is 2.95. The van der Waals surface area contributed by atoms with Gasteiger partial charge in [-0.2, -0.15) is 0 Å². The molecule has 0 amide bonds. The lowest BCUT2D eigenvalue weighted by atomic mass is 10.2. The number of aryl methyl sites for hydroxylation is 2. The molecule has 5 rings (SSSR count). The molecule has 0 saturated carbocycles. The number of H-pyrrole nitrogens is 1. The summed E-state index contributed by atoms with van der Waals surface area (Å²) >= 11 is 1.55. The van der Waals surface area contributed by atoms with Gasteiger partial charge in [-0.25, -0.2) is 19.5 Å². The highest BCUT2D eigenvalue weighted by Crippen LogP contribution is 2.25. The van der Waals surface area contributed by atoms with Gasteiger partial charge in [0, 0.05) is 10.9 Å². The number of nitrogens with zero attached hydrogens (tertiary/aromatic N) is 6. The predicted octanol–water partition coefficient (Wildman–Crippen LogP) is 3.41. The lowest BCUT2D eigenvalue weighted by Gasteiger charge is -1.99. The molecule has 0 aliphatic carbocycles. The van der Waals surface area contributed by atoms with E-state index in [9.17, 15) is 0 Å². The van der Waals surface area contributed by atoms with E-state index in [0.29, 0.717) is 5.82 Å². The van der Waals surface area contributed by atoms with Gasteiger partial charge in [-0.15, -0.1) is 16.4 Å². The van der Waals surface area contributed by atoms with Gasteiger partial charge < -0.3 is 4.98 Å². The van der Waals surface area contributed by atoms with Gasteiger partial charge >= 0.3 is 0 Å². The van der Waals surface area contributed by atoms with Crippen molar-refractivity contribution in [1.82, 2.24) is 34.5 Å². The first-order valence-corrected chi connectivity index (χ1v) is 8.71. The minimum absolute atomic E-state index is 0.663. The summed E-state index contributed by atoms with van der Waals surface area (Å²) in [6.07, 6.45) is 1.74. The first-order chi connectivity index (χ1) is 12.2. The van der Waals surface area contributed by atoms with Crippen molar-refractivity contribution in [3.05, 3.63) is 46.7 Å². The molecule has 0 spiro atoms. The van der Waals surface area contributed by atoms with Crippen molar-refractivity contribution >= 4 is 28.0 Å². The van der Waals surface area contributed by atoms with Crippen LogP contribution < -0.4 is 0 Å². The summed E-state index contributed by atoms with van der Waals surface area (Å²) in [4.78, 5) is 21.2. The Morgan fingerprint density at radius 3 is 2.88 bits per heavy atom. The molecule has 122 valence electrons. The fraction of sp³-hybridized carbons (Fsp3) is 0.118. The first-order valence-electron chi connectivity index (χ1n) is 7.77.